The van der Waals surface area contributed by atoms with Crippen LogP contribution in [0.2, 0.25) is 0 Å². The van der Waals surface area contributed by atoms with Gasteiger partial charge in [0.2, 0.25) is 11.8 Å². The van der Waals surface area contributed by atoms with Gasteiger partial charge in [-0.25, -0.2) is 22.0 Å². The highest BCUT2D eigenvalue weighted by Crippen LogP contribution is 2.65. The van der Waals surface area contributed by atoms with Crippen LogP contribution >= 0.6 is 23.2 Å². The van der Waals surface area contributed by atoms with E-state index in [1.807, 2.05) is 5.32 Å². The van der Waals surface area contributed by atoms with Crippen molar-refractivity contribution in [3.63, 3.8) is 0 Å². The summed E-state index contributed by atoms with van der Waals surface area (Å²) in [4.78, 5) is 36.8. The maximum Gasteiger partial charge on any atom is 0.419 e. The Balaban J connectivity index is 1.58. The number of halogens is 10. The molecule has 3 aromatic carbocycles. The molecule has 16 heteroatoms. The Hall–Kier alpha value is -3.91. The van der Waals surface area contributed by atoms with E-state index in [2.05, 4.69) is 5.32 Å². The molecule has 0 spiro atoms. The Labute approximate surface area is 241 Å². The number of hydrogen-bond acceptors (Lipinski definition) is 3. The van der Waals surface area contributed by atoms with E-state index in [0.29, 0.717) is 30.3 Å². The van der Waals surface area contributed by atoms with Gasteiger partial charge in [0.25, 0.3) is 5.91 Å². The van der Waals surface area contributed by atoms with E-state index >= 15 is 0 Å². The van der Waals surface area contributed by atoms with Crippen LogP contribution in [0, 0.1) is 35.0 Å². The van der Waals surface area contributed by atoms with E-state index in [9.17, 15) is 49.5 Å². The molecule has 0 radical (unpaired) electrons. The summed E-state index contributed by atoms with van der Waals surface area (Å²) in [7, 11) is 0. The summed E-state index contributed by atoms with van der Waals surface area (Å²) in [6.45, 7) is 1.03. The van der Waals surface area contributed by atoms with Gasteiger partial charge in [0.1, 0.15) is 21.7 Å². The molecule has 1 aliphatic carbocycles. The molecular formula is C26H15Cl2F8N3O3. The minimum Gasteiger partial charge on any atom is -0.326 e. The summed E-state index contributed by atoms with van der Waals surface area (Å²) < 4.78 is 109. The van der Waals surface area contributed by atoms with Crippen molar-refractivity contribution in [3.05, 3.63) is 88.2 Å². The zero-order valence-corrected chi connectivity index (χ0v) is 22.2. The third kappa shape index (κ3) is 6.00. The van der Waals surface area contributed by atoms with E-state index in [-0.39, 0.29) is 5.56 Å². The third-order valence-corrected chi connectivity index (χ3v) is 7.11. The van der Waals surface area contributed by atoms with Crippen molar-refractivity contribution < 1.29 is 49.5 Å². The van der Waals surface area contributed by atoms with Gasteiger partial charge in [-0.2, -0.15) is 13.2 Å². The van der Waals surface area contributed by atoms with Crippen molar-refractivity contribution >= 4 is 58.0 Å². The second-order valence-corrected chi connectivity index (χ2v) is 10.5. The van der Waals surface area contributed by atoms with Gasteiger partial charge in [0, 0.05) is 24.6 Å². The highest BCUT2D eigenvalue weighted by Gasteiger charge is 2.67. The van der Waals surface area contributed by atoms with E-state index in [0.717, 1.165) is 19.1 Å². The van der Waals surface area contributed by atoms with Gasteiger partial charge < -0.3 is 16.0 Å². The minimum atomic E-state index is -5.06. The Morgan fingerprint density at radius 1 is 0.810 bits per heavy atom. The smallest absolute Gasteiger partial charge is 0.326 e. The lowest BCUT2D eigenvalue weighted by Crippen LogP contribution is -2.20. The Kier molecular flexibility index (Phi) is 8.17. The fourth-order valence-corrected chi connectivity index (χ4v) is 5.03. The monoisotopic (exact) mass is 639 g/mol. The summed E-state index contributed by atoms with van der Waals surface area (Å²) in [5.41, 5.74) is -5.15. The number of amides is 3. The van der Waals surface area contributed by atoms with Crippen LogP contribution in [0.15, 0.2) is 42.5 Å². The first-order valence-electron chi connectivity index (χ1n) is 11.5. The number of nitrogens with one attached hydrogen (secondary N) is 3. The summed E-state index contributed by atoms with van der Waals surface area (Å²) in [5.74, 6) is -13.8. The molecule has 3 N–H and O–H groups in total. The van der Waals surface area contributed by atoms with Gasteiger partial charge in [-0.1, -0.05) is 6.07 Å². The fraction of sp³-hybridized carbons (Fsp3) is 0.192. The minimum absolute atomic E-state index is 0.232. The first-order chi connectivity index (χ1) is 19.4. The van der Waals surface area contributed by atoms with E-state index < -0.39 is 97.3 Å². The van der Waals surface area contributed by atoms with Gasteiger partial charge in [-0.3, -0.25) is 14.4 Å². The Morgan fingerprint density at radius 3 is 2.07 bits per heavy atom. The number of carbonyl (C=O) groups is 3. The average Bonchev–Trinajstić information content (AvgIpc) is 3.46. The molecule has 0 bridgehead atoms. The van der Waals surface area contributed by atoms with Gasteiger partial charge in [0.15, 0.2) is 17.5 Å². The van der Waals surface area contributed by atoms with Crippen LogP contribution in [0.5, 0.6) is 0 Å². The summed E-state index contributed by atoms with van der Waals surface area (Å²) in [6, 6.07) is 4.50. The maximum atomic E-state index is 14.7. The van der Waals surface area contributed by atoms with Crippen LogP contribution in [0.3, 0.4) is 0 Å². The van der Waals surface area contributed by atoms with Crippen molar-refractivity contribution in [2.75, 3.05) is 16.0 Å². The molecule has 0 heterocycles. The van der Waals surface area contributed by atoms with Crippen molar-refractivity contribution in [2.45, 2.75) is 23.4 Å². The van der Waals surface area contributed by atoms with E-state index in [1.165, 1.54) is 0 Å². The number of alkyl halides is 5. The summed E-state index contributed by atoms with van der Waals surface area (Å²) >= 11 is 12.2. The van der Waals surface area contributed by atoms with Gasteiger partial charge >= 0.3 is 6.18 Å². The summed E-state index contributed by atoms with van der Waals surface area (Å²) in [6.07, 6.45) is -5.06. The molecule has 2 atom stereocenters. The van der Waals surface area contributed by atoms with Crippen molar-refractivity contribution in [3.8, 4) is 0 Å². The molecule has 42 heavy (non-hydrogen) atoms. The normalized spacial score (nSPS) is 17.4. The average molecular weight is 640 g/mol. The fourth-order valence-electron chi connectivity index (χ4n) is 4.20. The van der Waals surface area contributed by atoms with Gasteiger partial charge in [0.05, 0.1) is 22.7 Å². The maximum absolute atomic E-state index is 14.7. The lowest BCUT2D eigenvalue weighted by Gasteiger charge is -2.13. The number of rotatable bonds is 6. The largest absolute Gasteiger partial charge is 0.419 e. The predicted octanol–water partition coefficient (Wildman–Crippen LogP) is 7.14. The zero-order valence-electron chi connectivity index (χ0n) is 20.7. The van der Waals surface area contributed by atoms with E-state index in [4.69, 9.17) is 23.2 Å². The van der Waals surface area contributed by atoms with Crippen LogP contribution in [-0.2, 0) is 15.8 Å². The second-order valence-electron chi connectivity index (χ2n) is 9.10. The lowest BCUT2D eigenvalue weighted by molar-refractivity contribution is -0.140. The molecule has 4 rings (SSSR count). The predicted molar refractivity (Wildman–Crippen MR) is 136 cm³/mol. The molecule has 0 unspecified atom stereocenters. The second kappa shape index (κ2) is 11.1. The molecule has 1 saturated carbocycles. The molecule has 3 aromatic rings. The molecule has 1 fully saturated rings. The van der Waals surface area contributed by atoms with Crippen LogP contribution < -0.4 is 16.0 Å². The van der Waals surface area contributed by atoms with Gasteiger partial charge in [-0.05, 0) is 35.9 Å². The van der Waals surface area contributed by atoms with Crippen LogP contribution in [-0.4, -0.2) is 22.1 Å². The zero-order chi connectivity index (χ0) is 31.3. The number of carbonyl (C=O) groups excluding carboxylic acids is 3. The molecule has 0 aromatic heterocycles. The molecule has 3 amide bonds. The van der Waals surface area contributed by atoms with Crippen LogP contribution in [0.4, 0.5) is 52.2 Å². The van der Waals surface area contributed by atoms with Crippen molar-refractivity contribution in [2.24, 2.45) is 5.92 Å². The standard InChI is InChI=1S/C26H15Cl2F8N3O3/c1-9(40)37-17-5-4-15(30)22(21(17)33)39-23(41)12-7-11(8-16(31)20(12)32)38-24(42)19-18(25(19,27)28)10-2-3-14(29)13(6-10)26(34,35)36/h2-8,18-19H,1H3,(H,37,40)(H,38,42)(H,39,41)/t18-,19+/m0/s1. The molecule has 6 nitrogen and oxygen atoms in total. The van der Waals surface area contributed by atoms with Crippen molar-refractivity contribution in [1.29, 1.82) is 0 Å². The molecule has 1 aliphatic rings. The Bertz CT molecular complexity index is 1630. The van der Waals surface area contributed by atoms with Crippen LogP contribution in [0.25, 0.3) is 0 Å². The molecular weight excluding hydrogens is 625 g/mol. The first-order valence-corrected chi connectivity index (χ1v) is 12.3. The number of hydrogen-bond donors (Lipinski definition) is 3. The molecule has 0 aliphatic heterocycles. The number of benzene rings is 3. The topological polar surface area (TPSA) is 87.3 Å². The molecule has 0 saturated heterocycles. The van der Waals surface area contributed by atoms with Gasteiger partial charge in [-0.15, -0.1) is 23.2 Å². The Morgan fingerprint density at radius 2 is 1.45 bits per heavy atom. The summed E-state index contributed by atoms with van der Waals surface area (Å²) in [5, 5.41) is 5.89. The van der Waals surface area contributed by atoms with Crippen LogP contribution in [0.1, 0.15) is 34.3 Å². The SMILES string of the molecule is CC(=O)Nc1ccc(F)c(NC(=O)c2cc(NC(=O)[C@H]3[C@H](c4ccc(F)c(C(F)(F)F)c4)C3(Cl)Cl)cc(F)c2F)c1F. The lowest BCUT2D eigenvalue weighted by atomic mass is 10.0. The highest BCUT2D eigenvalue weighted by atomic mass is 35.5. The number of anilines is 3. The third-order valence-electron chi connectivity index (χ3n) is 6.17. The first kappa shape index (κ1) is 31.0. The quantitative estimate of drug-likeness (QED) is 0.198. The van der Waals surface area contributed by atoms with Crippen molar-refractivity contribution in [1.82, 2.24) is 0 Å². The van der Waals surface area contributed by atoms with E-state index in [1.54, 1.807) is 5.32 Å². The highest BCUT2D eigenvalue weighted by molar-refractivity contribution is 6.53. The molecule has 222 valence electrons.